The highest BCUT2D eigenvalue weighted by molar-refractivity contribution is 7.92. The van der Waals surface area contributed by atoms with E-state index < -0.39 is 10.0 Å². The van der Waals surface area contributed by atoms with Crippen LogP contribution in [-0.2, 0) is 10.0 Å². The number of hydrogen-bond acceptors (Lipinski definition) is 6. The van der Waals surface area contributed by atoms with Gasteiger partial charge < -0.3 is 14.6 Å². The Labute approximate surface area is 168 Å². The van der Waals surface area contributed by atoms with E-state index in [4.69, 9.17) is 9.26 Å². The van der Waals surface area contributed by atoms with Crippen molar-refractivity contribution in [1.29, 1.82) is 0 Å². The molecule has 29 heavy (non-hydrogen) atoms. The monoisotopic (exact) mass is 415 g/mol. The Kier molecular flexibility index (Phi) is 5.88. The molecule has 0 bridgehead atoms. The normalized spacial score (nSPS) is 11.3. The fourth-order valence-corrected chi connectivity index (χ4v) is 3.47. The second kappa shape index (κ2) is 8.36. The van der Waals surface area contributed by atoms with Crippen molar-refractivity contribution in [2.75, 3.05) is 10.0 Å². The minimum Gasteiger partial charge on any atom is -0.491 e. The summed E-state index contributed by atoms with van der Waals surface area (Å²) in [5.41, 5.74) is 0.926. The van der Waals surface area contributed by atoms with Crippen LogP contribution in [0.1, 0.15) is 30.0 Å². The molecule has 0 aliphatic rings. The molecular weight excluding hydrogens is 394 g/mol. The highest BCUT2D eigenvalue weighted by atomic mass is 32.2. The summed E-state index contributed by atoms with van der Waals surface area (Å²) in [6.45, 7) is 5.51. The number of rotatable bonds is 7. The summed E-state index contributed by atoms with van der Waals surface area (Å²) in [6, 6.07) is 14.1. The fraction of sp³-hybridized carbons (Fsp3) is 0.200. The number of aromatic nitrogens is 1. The molecule has 0 unspecified atom stereocenters. The van der Waals surface area contributed by atoms with E-state index >= 15 is 0 Å². The molecule has 2 aromatic carbocycles. The molecule has 9 heteroatoms. The second-order valence-electron chi connectivity index (χ2n) is 6.60. The lowest BCUT2D eigenvalue weighted by Gasteiger charge is -2.10. The Balaban J connectivity index is 1.66. The van der Waals surface area contributed by atoms with Crippen LogP contribution in [0.4, 0.5) is 11.5 Å². The molecule has 1 amide bonds. The van der Waals surface area contributed by atoms with Crippen LogP contribution in [0.5, 0.6) is 5.75 Å². The van der Waals surface area contributed by atoms with Gasteiger partial charge in [0.2, 0.25) is 0 Å². The number of nitrogens with one attached hydrogen (secondary N) is 2. The zero-order valence-electron chi connectivity index (χ0n) is 16.2. The first kappa shape index (κ1) is 20.4. The number of benzene rings is 2. The smallest absolute Gasteiger partial charge is 0.263 e. The van der Waals surface area contributed by atoms with Gasteiger partial charge in [0, 0.05) is 17.3 Å². The van der Waals surface area contributed by atoms with Crippen molar-refractivity contribution in [1.82, 2.24) is 5.16 Å². The zero-order chi connectivity index (χ0) is 21.0. The summed E-state index contributed by atoms with van der Waals surface area (Å²) in [5.74, 6) is 0.961. The maximum atomic E-state index is 12.4. The second-order valence-corrected chi connectivity index (χ2v) is 8.28. The number of carbonyl (C=O) groups is 1. The molecular formula is C20H21N3O5S. The predicted molar refractivity (Wildman–Crippen MR) is 109 cm³/mol. The van der Waals surface area contributed by atoms with E-state index in [0.717, 1.165) is 0 Å². The van der Waals surface area contributed by atoms with E-state index in [0.29, 0.717) is 22.8 Å². The molecule has 0 aliphatic carbocycles. The van der Waals surface area contributed by atoms with Crippen LogP contribution in [0.3, 0.4) is 0 Å². The van der Waals surface area contributed by atoms with Crippen LogP contribution < -0.4 is 14.8 Å². The third kappa shape index (κ3) is 5.35. The maximum Gasteiger partial charge on any atom is 0.263 e. The predicted octanol–water partition coefficient (Wildman–Crippen LogP) is 3.82. The lowest BCUT2D eigenvalue weighted by molar-refractivity contribution is 0.102. The molecule has 3 aromatic rings. The Morgan fingerprint density at radius 2 is 1.72 bits per heavy atom. The van der Waals surface area contributed by atoms with E-state index in [2.05, 4.69) is 15.2 Å². The van der Waals surface area contributed by atoms with Crippen molar-refractivity contribution in [3.63, 3.8) is 0 Å². The number of carbonyl (C=O) groups excluding carboxylic acids is 1. The highest BCUT2D eigenvalue weighted by Gasteiger charge is 2.16. The summed E-state index contributed by atoms with van der Waals surface area (Å²) in [5, 5.41) is 6.34. The average molecular weight is 415 g/mol. The zero-order valence-corrected chi connectivity index (χ0v) is 17.0. The van der Waals surface area contributed by atoms with Crippen molar-refractivity contribution in [3.8, 4) is 5.75 Å². The molecule has 3 rings (SSSR count). The third-order valence-corrected chi connectivity index (χ3v) is 5.15. The van der Waals surface area contributed by atoms with Gasteiger partial charge in [0.15, 0.2) is 5.82 Å². The van der Waals surface area contributed by atoms with E-state index in [1.165, 1.54) is 30.3 Å². The van der Waals surface area contributed by atoms with Crippen molar-refractivity contribution in [2.24, 2.45) is 0 Å². The highest BCUT2D eigenvalue weighted by Crippen LogP contribution is 2.19. The van der Waals surface area contributed by atoms with Crippen molar-refractivity contribution in [3.05, 3.63) is 65.9 Å². The quantitative estimate of drug-likeness (QED) is 0.607. The first-order valence-electron chi connectivity index (χ1n) is 8.87. The molecule has 0 aliphatic heterocycles. The molecule has 0 saturated carbocycles. The number of ether oxygens (including phenoxy) is 1. The molecule has 0 radical (unpaired) electrons. The molecule has 0 fully saturated rings. The molecule has 0 atom stereocenters. The first-order chi connectivity index (χ1) is 13.7. The number of amides is 1. The van der Waals surface area contributed by atoms with Gasteiger partial charge in [0.25, 0.3) is 15.9 Å². The van der Waals surface area contributed by atoms with E-state index in [1.807, 2.05) is 13.8 Å². The number of anilines is 2. The summed E-state index contributed by atoms with van der Waals surface area (Å²) < 4.78 is 37.5. The number of aryl methyl sites for hydroxylation is 1. The number of hydrogen-bond donors (Lipinski definition) is 2. The standard InChI is InChI=1S/C20H21N3O5S/c1-13(2)27-17-8-4-15(5-9-17)20(24)21-16-6-10-18(11-7-16)29(25,26)23-19-12-14(3)28-22-19/h4-13H,1-3H3,(H,21,24)(H,22,23). The van der Waals surface area contributed by atoms with Crippen molar-refractivity contribution < 1.29 is 22.5 Å². The van der Waals surface area contributed by atoms with Crippen molar-refractivity contribution >= 4 is 27.4 Å². The minimum absolute atomic E-state index is 0.0336. The summed E-state index contributed by atoms with van der Waals surface area (Å²) in [4.78, 5) is 12.4. The van der Waals surface area contributed by atoms with Gasteiger partial charge in [-0.2, -0.15) is 0 Å². The minimum atomic E-state index is -3.81. The Morgan fingerprint density at radius 1 is 1.07 bits per heavy atom. The van der Waals surface area contributed by atoms with Crippen LogP contribution in [0, 0.1) is 6.92 Å². The number of sulfonamides is 1. The molecule has 1 heterocycles. The van der Waals surface area contributed by atoms with Gasteiger partial charge in [-0.25, -0.2) is 8.42 Å². The van der Waals surface area contributed by atoms with Crippen LogP contribution >= 0.6 is 0 Å². The van der Waals surface area contributed by atoms with Crippen LogP contribution in [0.25, 0.3) is 0 Å². The molecule has 0 spiro atoms. The lowest BCUT2D eigenvalue weighted by atomic mass is 10.2. The van der Waals surface area contributed by atoms with Gasteiger partial charge in [-0.1, -0.05) is 5.16 Å². The van der Waals surface area contributed by atoms with Crippen LogP contribution in [0.2, 0.25) is 0 Å². The molecule has 2 N–H and O–H groups in total. The lowest BCUT2D eigenvalue weighted by Crippen LogP contribution is -2.14. The van der Waals surface area contributed by atoms with Gasteiger partial charge >= 0.3 is 0 Å². The first-order valence-corrected chi connectivity index (χ1v) is 10.4. The molecule has 152 valence electrons. The third-order valence-electron chi connectivity index (χ3n) is 3.78. The summed E-state index contributed by atoms with van der Waals surface area (Å²) in [7, 11) is -3.81. The van der Waals surface area contributed by atoms with E-state index in [-0.39, 0.29) is 22.7 Å². The fourth-order valence-electron chi connectivity index (χ4n) is 2.49. The largest absolute Gasteiger partial charge is 0.491 e. The van der Waals surface area contributed by atoms with Gasteiger partial charge in [0.1, 0.15) is 11.5 Å². The van der Waals surface area contributed by atoms with Gasteiger partial charge in [-0.3, -0.25) is 9.52 Å². The SMILES string of the molecule is Cc1cc(NS(=O)(=O)c2ccc(NC(=O)c3ccc(OC(C)C)cc3)cc2)no1. The summed E-state index contributed by atoms with van der Waals surface area (Å²) in [6.07, 6.45) is 0.0484. The van der Waals surface area contributed by atoms with Crippen LogP contribution in [0.15, 0.2) is 64.0 Å². The van der Waals surface area contributed by atoms with Crippen LogP contribution in [-0.4, -0.2) is 25.6 Å². The maximum absolute atomic E-state index is 12.4. The van der Waals surface area contributed by atoms with E-state index in [9.17, 15) is 13.2 Å². The summed E-state index contributed by atoms with van der Waals surface area (Å²) >= 11 is 0. The van der Waals surface area contributed by atoms with Crippen molar-refractivity contribution in [2.45, 2.75) is 31.8 Å². The number of nitrogens with zero attached hydrogens (tertiary/aromatic N) is 1. The Morgan fingerprint density at radius 3 is 2.28 bits per heavy atom. The Bertz CT molecular complexity index is 1090. The molecule has 0 saturated heterocycles. The topological polar surface area (TPSA) is 111 Å². The van der Waals surface area contributed by atoms with E-state index in [1.54, 1.807) is 31.2 Å². The Hall–Kier alpha value is -3.33. The molecule has 8 nitrogen and oxygen atoms in total. The molecule has 1 aromatic heterocycles. The van der Waals surface area contributed by atoms with Gasteiger partial charge in [-0.15, -0.1) is 0 Å². The average Bonchev–Trinajstić information content (AvgIpc) is 3.06. The van der Waals surface area contributed by atoms with Gasteiger partial charge in [0.05, 0.1) is 11.0 Å². The van der Waals surface area contributed by atoms with Gasteiger partial charge in [-0.05, 0) is 69.3 Å².